The Hall–Kier alpha value is -0.860. The van der Waals surface area contributed by atoms with E-state index in [-0.39, 0.29) is 24.0 Å². The van der Waals surface area contributed by atoms with Gasteiger partial charge in [0.05, 0.1) is 19.8 Å². The number of hydrogen-bond donors (Lipinski definition) is 1. The minimum atomic E-state index is 0. The van der Waals surface area contributed by atoms with E-state index in [1.54, 1.807) is 7.11 Å². The number of nitrogens with zero attached hydrogens (tertiary/aromatic N) is 2. The van der Waals surface area contributed by atoms with Crippen LogP contribution in [-0.4, -0.2) is 57.9 Å². The van der Waals surface area contributed by atoms with Crippen LogP contribution >= 0.6 is 24.0 Å². The van der Waals surface area contributed by atoms with Crippen LogP contribution in [0, 0.1) is 5.92 Å². The molecule has 0 aliphatic carbocycles. The molecule has 1 N–H and O–H groups in total. The van der Waals surface area contributed by atoms with Gasteiger partial charge < -0.3 is 19.7 Å². The van der Waals surface area contributed by atoms with Crippen LogP contribution in [-0.2, 0) is 16.1 Å². The zero-order chi connectivity index (χ0) is 15.6. The summed E-state index contributed by atoms with van der Waals surface area (Å²) < 4.78 is 10.9. The molecule has 0 amide bonds. The number of methoxy groups -OCH3 is 1. The first-order chi connectivity index (χ1) is 10.8. The van der Waals surface area contributed by atoms with Crippen molar-refractivity contribution in [2.24, 2.45) is 10.9 Å². The van der Waals surface area contributed by atoms with Crippen molar-refractivity contribution < 1.29 is 9.47 Å². The van der Waals surface area contributed by atoms with Gasteiger partial charge in [-0.15, -0.1) is 24.0 Å². The second-order valence-electron chi connectivity index (χ2n) is 5.57. The molecule has 6 heteroatoms. The Balaban J connectivity index is 0.00000264. The SMILES string of the molecule is CN=C(NCCOC)N1CCC(COCc2ccccc2)C1.I. The number of nitrogens with one attached hydrogen (secondary N) is 1. The summed E-state index contributed by atoms with van der Waals surface area (Å²) >= 11 is 0. The van der Waals surface area contributed by atoms with Gasteiger partial charge in [0.15, 0.2) is 5.96 Å². The van der Waals surface area contributed by atoms with Crippen LogP contribution in [0.25, 0.3) is 0 Å². The molecule has 1 aliphatic rings. The Morgan fingerprint density at radius 1 is 1.35 bits per heavy atom. The van der Waals surface area contributed by atoms with Crippen molar-refractivity contribution in [2.45, 2.75) is 13.0 Å². The predicted molar refractivity (Wildman–Crippen MR) is 104 cm³/mol. The lowest BCUT2D eigenvalue weighted by Crippen LogP contribution is -2.41. The highest BCUT2D eigenvalue weighted by molar-refractivity contribution is 14.0. The predicted octanol–water partition coefficient (Wildman–Crippen LogP) is 2.36. The maximum Gasteiger partial charge on any atom is 0.193 e. The average Bonchev–Trinajstić information content (AvgIpc) is 3.01. The number of likely N-dealkylation sites (tertiary alicyclic amines) is 1. The molecule has 1 aromatic rings. The summed E-state index contributed by atoms with van der Waals surface area (Å²) in [4.78, 5) is 6.64. The van der Waals surface area contributed by atoms with Gasteiger partial charge in [0, 0.05) is 39.7 Å². The van der Waals surface area contributed by atoms with E-state index in [1.165, 1.54) is 5.56 Å². The molecule has 5 nitrogen and oxygen atoms in total. The molecule has 1 saturated heterocycles. The minimum Gasteiger partial charge on any atom is -0.383 e. The standard InChI is InChI=1S/C17H27N3O2.HI/c1-18-17(19-9-11-21-2)20-10-8-16(12-20)14-22-13-15-6-4-3-5-7-15;/h3-7,16H,8-14H2,1-2H3,(H,18,19);1H. The summed E-state index contributed by atoms with van der Waals surface area (Å²) in [7, 11) is 3.54. The molecule has 0 aromatic heterocycles. The van der Waals surface area contributed by atoms with Crippen LogP contribution in [0.5, 0.6) is 0 Å². The third-order valence-corrected chi connectivity index (χ3v) is 3.85. The largest absolute Gasteiger partial charge is 0.383 e. The van der Waals surface area contributed by atoms with Gasteiger partial charge in [-0.05, 0) is 12.0 Å². The lowest BCUT2D eigenvalue weighted by molar-refractivity contribution is 0.0906. The maximum absolute atomic E-state index is 5.86. The molecule has 1 heterocycles. The molecule has 130 valence electrons. The highest BCUT2D eigenvalue weighted by Crippen LogP contribution is 2.17. The third-order valence-electron chi connectivity index (χ3n) is 3.85. The fraction of sp³-hybridized carbons (Fsp3) is 0.588. The second kappa shape index (κ2) is 11.6. The molecule has 0 radical (unpaired) electrons. The summed E-state index contributed by atoms with van der Waals surface area (Å²) in [5.41, 5.74) is 1.23. The Labute approximate surface area is 156 Å². The lowest BCUT2D eigenvalue weighted by Gasteiger charge is -2.21. The van der Waals surface area contributed by atoms with Gasteiger partial charge >= 0.3 is 0 Å². The first-order valence-corrected chi connectivity index (χ1v) is 7.89. The molecular weight excluding hydrogens is 405 g/mol. The van der Waals surface area contributed by atoms with Gasteiger partial charge in [-0.1, -0.05) is 30.3 Å². The van der Waals surface area contributed by atoms with Crippen molar-refractivity contribution in [2.75, 3.05) is 47.0 Å². The number of benzene rings is 1. The quantitative estimate of drug-likeness (QED) is 0.311. The van der Waals surface area contributed by atoms with E-state index in [4.69, 9.17) is 9.47 Å². The van der Waals surface area contributed by atoms with E-state index in [2.05, 4.69) is 27.3 Å². The van der Waals surface area contributed by atoms with Gasteiger partial charge in [-0.2, -0.15) is 0 Å². The van der Waals surface area contributed by atoms with Gasteiger partial charge in [-0.3, -0.25) is 4.99 Å². The monoisotopic (exact) mass is 433 g/mol. The topological polar surface area (TPSA) is 46.1 Å². The second-order valence-corrected chi connectivity index (χ2v) is 5.57. The van der Waals surface area contributed by atoms with Crippen LogP contribution in [0.4, 0.5) is 0 Å². The molecule has 23 heavy (non-hydrogen) atoms. The van der Waals surface area contributed by atoms with Crippen molar-refractivity contribution >= 4 is 29.9 Å². The van der Waals surface area contributed by atoms with Crippen LogP contribution in [0.15, 0.2) is 35.3 Å². The Morgan fingerprint density at radius 2 is 2.13 bits per heavy atom. The Bertz CT molecular complexity index is 456. The molecule has 0 saturated carbocycles. The molecular formula is C17H28IN3O2. The van der Waals surface area contributed by atoms with Gasteiger partial charge in [0.2, 0.25) is 0 Å². The number of rotatable bonds is 7. The van der Waals surface area contributed by atoms with E-state index in [9.17, 15) is 0 Å². The zero-order valence-electron chi connectivity index (χ0n) is 14.0. The van der Waals surface area contributed by atoms with E-state index >= 15 is 0 Å². The zero-order valence-corrected chi connectivity index (χ0v) is 16.4. The third kappa shape index (κ3) is 7.05. The van der Waals surface area contributed by atoms with Crippen molar-refractivity contribution in [1.29, 1.82) is 0 Å². The molecule has 1 aliphatic heterocycles. The molecule has 0 spiro atoms. The molecule has 1 fully saturated rings. The molecule has 2 rings (SSSR count). The van der Waals surface area contributed by atoms with Crippen LogP contribution in [0.3, 0.4) is 0 Å². The van der Waals surface area contributed by atoms with Crippen LogP contribution in [0.2, 0.25) is 0 Å². The van der Waals surface area contributed by atoms with Crippen LogP contribution in [0.1, 0.15) is 12.0 Å². The van der Waals surface area contributed by atoms with Crippen molar-refractivity contribution in [1.82, 2.24) is 10.2 Å². The summed E-state index contributed by atoms with van der Waals surface area (Å²) in [5, 5.41) is 3.32. The van der Waals surface area contributed by atoms with Gasteiger partial charge in [0.25, 0.3) is 0 Å². The Kier molecular flexibility index (Phi) is 10.2. The molecule has 0 bridgehead atoms. The Morgan fingerprint density at radius 3 is 2.83 bits per heavy atom. The van der Waals surface area contributed by atoms with E-state index in [0.717, 1.165) is 38.6 Å². The first kappa shape index (κ1) is 20.2. The first-order valence-electron chi connectivity index (χ1n) is 7.89. The highest BCUT2D eigenvalue weighted by atomic mass is 127. The van der Waals surface area contributed by atoms with Gasteiger partial charge in [-0.25, -0.2) is 0 Å². The molecule has 1 unspecified atom stereocenters. The fourth-order valence-corrected chi connectivity index (χ4v) is 2.68. The highest BCUT2D eigenvalue weighted by Gasteiger charge is 2.24. The summed E-state index contributed by atoms with van der Waals surface area (Å²) in [5.74, 6) is 1.53. The maximum atomic E-state index is 5.86. The summed E-state index contributed by atoms with van der Waals surface area (Å²) in [6, 6.07) is 10.3. The average molecular weight is 433 g/mol. The van der Waals surface area contributed by atoms with Crippen molar-refractivity contribution in [3.63, 3.8) is 0 Å². The number of ether oxygens (including phenoxy) is 2. The number of hydrogen-bond acceptors (Lipinski definition) is 3. The molecule has 1 atom stereocenters. The van der Waals surface area contributed by atoms with Crippen LogP contribution < -0.4 is 5.32 Å². The smallest absolute Gasteiger partial charge is 0.193 e. The lowest BCUT2D eigenvalue weighted by atomic mass is 10.1. The van der Waals surface area contributed by atoms with E-state index in [1.807, 2.05) is 25.2 Å². The van der Waals surface area contributed by atoms with E-state index < -0.39 is 0 Å². The summed E-state index contributed by atoms with van der Waals surface area (Å²) in [6.07, 6.45) is 1.15. The number of aliphatic imine (C=N–C) groups is 1. The number of halogens is 1. The van der Waals surface area contributed by atoms with E-state index in [0.29, 0.717) is 19.1 Å². The number of guanidine groups is 1. The van der Waals surface area contributed by atoms with Crippen molar-refractivity contribution in [3.8, 4) is 0 Å². The van der Waals surface area contributed by atoms with Gasteiger partial charge in [0.1, 0.15) is 0 Å². The molecule has 1 aromatic carbocycles. The minimum absolute atomic E-state index is 0. The fourth-order valence-electron chi connectivity index (χ4n) is 2.68. The summed E-state index contributed by atoms with van der Waals surface area (Å²) in [6.45, 7) is 5.01. The van der Waals surface area contributed by atoms with Crippen molar-refractivity contribution in [3.05, 3.63) is 35.9 Å². The normalized spacial score (nSPS) is 17.9.